The summed E-state index contributed by atoms with van der Waals surface area (Å²) < 4.78 is 25.3. The van der Waals surface area contributed by atoms with E-state index in [1.807, 2.05) is 0 Å². The summed E-state index contributed by atoms with van der Waals surface area (Å²) in [5.74, 6) is -0.482. The molecule has 9 heteroatoms. The van der Waals surface area contributed by atoms with Crippen LogP contribution in [0.25, 0.3) is 0 Å². The lowest BCUT2D eigenvalue weighted by atomic mass is 10.5. The standard InChI is InChI=1S/C8H10ClN3O4S/c1-10-7(13)4-12-17(15,16)5-2-6(9)8(14)11-3-5/h2-3,12H,4H2,1H3,(H,10,13)(H,11,14). The summed E-state index contributed by atoms with van der Waals surface area (Å²) in [6.07, 6.45) is 1.00. The molecule has 1 aromatic heterocycles. The van der Waals surface area contributed by atoms with Gasteiger partial charge in [-0.3, -0.25) is 9.59 Å². The van der Waals surface area contributed by atoms with E-state index < -0.39 is 28.0 Å². The van der Waals surface area contributed by atoms with E-state index in [9.17, 15) is 18.0 Å². The van der Waals surface area contributed by atoms with Crippen LogP contribution in [0.2, 0.25) is 5.02 Å². The van der Waals surface area contributed by atoms with Crippen molar-refractivity contribution in [2.24, 2.45) is 0 Å². The summed E-state index contributed by atoms with van der Waals surface area (Å²) in [5.41, 5.74) is -0.586. The van der Waals surface area contributed by atoms with Crippen LogP contribution in [-0.2, 0) is 14.8 Å². The van der Waals surface area contributed by atoms with Crippen molar-refractivity contribution in [3.05, 3.63) is 27.6 Å². The number of amides is 1. The van der Waals surface area contributed by atoms with Crippen molar-refractivity contribution in [3.8, 4) is 0 Å². The van der Waals surface area contributed by atoms with E-state index in [1.165, 1.54) is 7.05 Å². The molecule has 1 heterocycles. The van der Waals surface area contributed by atoms with E-state index in [0.717, 1.165) is 12.3 Å². The molecule has 0 aliphatic rings. The number of carbonyl (C=O) groups is 1. The van der Waals surface area contributed by atoms with Gasteiger partial charge < -0.3 is 10.3 Å². The van der Waals surface area contributed by atoms with Gasteiger partial charge in [0.2, 0.25) is 15.9 Å². The number of hydrogen-bond acceptors (Lipinski definition) is 4. The van der Waals surface area contributed by atoms with Crippen molar-refractivity contribution in [1.82, 2.24) is 15.0 Å². The summed E-state index contributed by atoms with van der Waals surface area (Å²) >= 11 is 5.49. The number of sulfonamides is 1. The smallest absolute Gasteiger partial charge is 0.266 e. The molecule has 0 aliphatic heterocycles. The maximum atomic E-state index is 11.6. The predicted molar refractivity (Wildman–Crippen MR) is 61.3 cm³/mol. The highest BCUT2D eigenvalue weighted by molar-refractivity contribution is 7.89. The van der Waals surface area contributed by atoms with Gasteiger partial charge in [0, 0.05) is 13.2 Å². The third-order valence-corrected chi connectivity index (χ3v) is 3.50. The van der Waals surface area contributed by atoms with Crippen molar-refractivity contribution in [2.45, 2.75) is 4.90 Å². The molecule has 7 nitrogen and oxygen atoms in total. The van der Waals surface area contributed by atoms with E-state index in [4.69, 9.17) is 11.6 Å². The first-order chi connectivity index (χ1) is 7.86. The number of halogens is 1. The third-order valence-electron chi connectivity index (χ3n) is 1.84. The van der Waals surface area contributed by atoms with Crippen LogP contribution in [0.1, 0.15) is 0 Å². The second-order valence-electron chi connectivity index (χ2n) is 3.01. The topological polar surface area (TPSA) is 108 Å². The highest BCUT2D eigenvalue weighted by Gasteiger charge is 2.16. The Balaban J connectivity index is 2.94. The Morgan fingerprint density at radius 3 is 2.71 bits per heavy atom. The average molecular weight is 280 g/mol. The first kappa shape index (κ1) is 13.7. The molecule has 1 aromatic rings. The first-order valence-electron chi connectivity index (χ1n) is 4.45. The summed E-state index contributed by atoms with van der Waals surface area (Å²) in [6.45, 7) is -0.393. The minimum absolute atomic E-state index is 0.217. The molecular weight excluding hydrogens is 270 g/mol. The number of aromatic amines is 1. The van der Waals surface area contributed by atoms with Gasteiger partial charge in [0.05, 0.1) is 11.4 Å². The fourth-order valence-corrected chi connectivity index (χ4v) is 2.14. The van der Waals surface area contributed by atoms with Gasteiger partial charge in [-0.1, -0.05) is 11.6 Å². The molecule has 0 unspecified atom stereocenters. The maximum absolute atomic E-state index is 11.6. The number of nitrogens with one attached hydrogen (secondary N) is 3. The fourth-order valence-electron chi connectivity index (χ4n) is 0.925. The number of rotatable bonds is 4. The number of carbonyl (C=O) groups excluding carboxylic acids is 1. The van der Waals surface area contributed by atoms with Gasteiger partial charge in [-0.05, 0) is 6.07 Å². The van der Waals surface area contributed by atoms with Crippen LogP contribution in [0.4, 0.5) is 0 Å². The lowest BCUT2D eigenvalue weighted by Crippen LogP contribution is -2.35. The minimum atomic E-state index is -3.87. The molecule has 94 valence electrons. The second-order valence-corrected chi connectivity index (χ2v) is 5.18. The molecule has 0 radical (unpaired) electrons. The normalized spacial score (nSPS) is 11.2. The molecule has 0 bridgehead atoms. The van der Waals surface area contributed by atoms with Crippen LogP contribution in [0, 0.1) is 0 Å². The molecule has 0 aromatic carbocycles. The summed E-state index contributed by atoms with van der Waals surface area (Å²) in [7, 11) is -2.49. The van der Waals surface area contributed by atoms with Crippen LogP contribution in [0.3, 0.4) is 0 Å². The van der Waals surface area contributed by atoms with Gasteiger partial charge in [-0.15, -0.1) is 0 Å². The number of aromatic nitrogens is 1. The zero-order valence-corrected chi connectivity index (χ0v) is 10.4. The Morgan fingerprint density at radius 1 is 1.53 bits per heavy atom. The fraction of sp³-hybridized carbons (Fsp3) is 0.250. The quantitative estimate of drug-likeness (QED) is 0.660. The van der Waals surface area contributed by atoms with Crippen molar-refractivity contribution >= 4 is 27.5 Å². The lowest BCUT2D eigenvalue weighted by Gasteiger charge is -2.05. The number of pyridine rings is 1. The number of hydrogen-bond donors (Lipinski definition) is 3. The average Bonchev–Trinajstić information content (AvgIpc) is 2.29. The van der Waals surface area contributed by atoms with Gasteiger partial charge in [0.25, 0.3) is 5.56 Å². The Labute approximate surface area is 102 Å². The molecule has 3 N–H and O–H groups in total. The SMILES string of the molecule is CNC(=O)CNS(=O)(=O)c1c[nH]c(=O)c(Cl)c1. The number of likely N-dealkylation sites (N-methyl/N-ethyl adjacent to an activating group) is 1. The molecule has 0 saturated carbocycles. The second kappa shape index (κ2) is 5.30. The Kier molecular flexibility index (Phi) is 4.27. The van der Waals surface area contributed by atoms with Gasteiger partial charge in [0.15, 0.2) is 0 Å². The Morgan fingerprint density at radius 2 is 2.18 bits per heavy atom. The van der Waals surface area contributed by atoms with Crippen LogP contribution < -0.4 is 15.6 Å². The minimum Gasteiger partial charge on any atom is -0.358 e. The maximum Gasteiger partial charge on any atom is 0.266 e. The third kappa shape index (κ3) is 3.55. The van der Waals surface area contributed by atoms with E-state index in [2.05, 4.69) is 15.0 Å². The van der Waals surface area contributed by atoms with E-state index in [1.54, 1.807) is 0 Å². The van der Waals surface area contributed by atoms with Gasteiger partial charge in [-0.2, -0.15) is 0 Å². The molecule has 0 saturated heterocycles. The van der Waals surface area contributed by atoms with Gasteiger partial charge >= 0.3 is 0 Å². The van der Waals surface area contributed by atoms with Crippen molar-refractivity contribution in [3.63, 3.8) is 0 Å². The molecule has 1 amide bonds. The Hall–Kier alpha value is -1.38. The van der Waals surface area contributed by atoms with Crippen LogP contribution in [0.15, 0.2) is 22.0 Å². The first-order valence-corrected chi connectivity index (χ1v) is 6.31. The highest BCUT2D eigenvalue weighted by Crippen LogP contribution is 2.09. The molecule has 0 fully saturated rings. The highest BCUT2D eigenvalue weighted by atomic mass is 35.5. The van der Waals surface area contributed by atoms with E-state index in [0.29, 0.717) is 0 Å². The molecule has 1 rings (SSSR count). The zero-order valence-electron chi connectivity index (χ0n) is 8.78. The summed E-state index contributed by atoms with van der Waals surface area (Å²) in [4.78, 5) is 23.8. The van der Waals surface area contributed by atoms with Crippen LogP contribution in [-0.4, -0.2) is 32.9 Å². The van der Waals surface area contributed by atoms with Gasteiger partial charge in [0.1, 0.15) is 5.02 Å². The van der Waals surface area contributed by atoms with Crippen LogP contribution in [0.5, 0.6) is 0 Å². The monoisotopic (exact) mass is 279 g/mol. The zero-order chi connectivity index (χ0) is 13.1. The summed E-state index contributed by atoms with van der Waals surface area (Å²) in [6, 6.07) is 1.01. The number of H-pyrrole nitrogens is 1. The summed E-state index contributed by atoms with van der Waals surface area (Å²) in [5, 5.41) is 2.02. The molecule has 0 aliphatic carbocycles. The van der Waals surface area contributed by atoms with Crippen LogP contribution >= 0.6 is 11.6 Å². The molecule has 0 spiro atoms. The lowest BCUT2D eigenvalue weighted by molar-refractivity contribution is -0.119. The predicted octanol–water partition coefficient (Wildman–Crippen LogP) is -0.947. The molecule has 17 heavy (non-hydrogen) atoms. The largest absolute Gasteiger partial charge is 0.358 e. The molecule has 0 atom stereocenters. The van der Waals surface area contributed by atoms with Crippen molar-refractivity contribution in [2.75, 3.05) is 13.6 Å². The van der Waals surface area contributed by atoms with E-state index in [-0.39, 0.29) is 9.92 Å². The van der Waals surface area contributed by atoms with Crippen molar-refractivity contribution in [1.29, 1.82) is 0 Å². The molecular formula is C8H10ClN3O4S. The Bertz CT molecular complexity index is 581. The van der Waals surface area contributed by atoms with Gasteiger partial charge in [-0.25, -0.2) is 13.1 Å². The van der Waals surface area contributed by atoms with Crippen molar-refractivity contribution < 1.29 is 13.2 Å². The van der Waals surface area contributed by atoms with E-state index >= 15 is 0 Å².